The maximum atomic E-state index is 12.2. The summed E-state index contributed by atoms with van der Waals surface area (Å²) in [5.41, 5.74) is 7.38. The Hall–Kier alpha value is -1.36. The summed E-state index contributed by atoms with van der Waals surface area (Å²) in [4.78, 5) is 14.0. The van der Waals surface area contributed by atoms with Gasteiger partial charge in [0, 0.05) is 26.2 Å². The molecule has 1 amide bonds. The van der Waals surface area contributed by atoms with Gasteiger partial charge in [-0.05, 0) is 25.8 Å². The summed E-state index contributed by atoms with van der Waals surface area (Å²) in [6, 6.07) is 1.94. The Balaban J connectivity index is 2.15. The van der Waals surface area contributed by atoms with Crippen LogP contribution in [0.5, 0.6) is 0 Å². The first-order valence-electron chi connectivity index (χ1n) is 5.63. The maximum Gasteiger partial charge on any atom is 0.272 e. The number of hydrogen-bond acceptors (Lipinski definition) is 3. The van der Waals surface area contributed by atoms with Gasteiger partial charge in [0.25, 0.3) is 5.91 Å². The third-order valence-corrected chi connectivity index (χ3v) is 2.97. The smallest absolute Gasteiger partial charge is 0.272 e. The number of piperidine rings is 1. The van der Waals surface area contributed by atoms with Crippen molar-refractivity contribution < 1.29 is 4.79 Å². The largest absolute Gasteiger partial charge is 0.336 e. The molecule has 1 aliphatic rings. The van der Waals surface area contributed by atoms with E-state index in [-0.39, 0.29) is 11.9 Å². The molecule has 0 aliphatic carbocycles. The highest BCUT2D eigenvalue weighted by atomic mass is 16.2. The van der Waals surface area contributed by atoms with Crippen molar-refractivity contribution in [3.63, 3.8) is 0 Å². The average molecular weight is 222 g/mol. The van der Waals surface area contributed by atoms with Gasteiger partial charge in [0.05, 0.1) is 5.69 Å². The minimum Gasteiger partial charge on any atom is -0.336 e. The minimum atomic E-state index is 0.0400. The monoisotopic (exact) mass is 222 g/mol. The third kappa shape index (κ3) is 2.09. The van der Waals surface area contributed by atoms with E-state index >= 15 is 0 Å². The molecule has 88 valence electrons. The van der Waals surface area contributed by atoms with E-state index in [1.54, 1.807) is 11.7 Å². The zero-order valence-corrected chi connectivity index (χ0v) is 9.81. The Morgan fingerprint density at radius 1 is 1.62 bits per heavy atom. The number of aryl methyl sites for hydroxylation is 2. The molecule has 5 heteroatoms. The number of carbonyl (C=O) groups is 1. The van der Waals surface area contributed by atoms with E-state index in [1.165, 1.54) is 0 Å². The molecular formula is C11H18N4O. The van der Waals surface area contributed by atoms with Crippen LogP contribution in [-0.2, 0) is 7.05 Å². The first-order chi connectivity index (χ1) is 7.58. The van der Waals surface area contributed by atoms with Gasteiger partial charge in [0.15, 0.2) is 0 Å². The molecule has 0 spiro atoms. The van der Waals surface area contributed by atoms with Crippen molar-refractivity contribution in [1.82, 2.24) is 14.7 Å². The molecule has 2 heterocycles. The van der Waals surface area contributed by atoms with Crippen molar-refractivity contribution in [3.05, 3.63) is 17.5 Å². The van der Waals surface area contributed by atoms with E-state index in [2.05, 4.69) is 5.10 Å². The van der Waals surface area contributed by atoms with Crippen LogP contribution in [0.25, 0.3) is 0 Å². The molecule has 2 N–H and O–H groups in total. The van der Waals surface area contributed by atoms with E-state index < -0.39 is 0 Å². The van der Waals surface area contributed by atoms with Gasteiger partial charge in [0.2, 0.25) is 0 Å². The van der Waals surface area contributed by atoms with Crippen LogP contribution in [-0.4, -0.2) is 39.7 Å². The van der Waals surface area contributed by atoms with Crippen LogP contribution in [0.1, 0.15) is 29.0 Å². The summed E-state index contributed by atoms with van der Waals surface area (Å²) < 4.78 is 1.64. The van der Waals surface area contributed by atoms with Crippen molar-refractivity contribution in [2.75, 3.05) is 13.1 Å². The highest BCUT2D eigenvalue weighted by Gasteiger charge is 2.24. The van der Waals surface area contributed by atoms with Crippen molar-refractivity contribution in [1.29, 1.82) is 0 Å². The molecule has 16 heavy (non-hydrogen) atoms. The quantitative estimate of drug-likeness (QED) is 0.743. The fourth-order valence-electron chi connectivity index (χ4n) is 2.17. The number of hydrogen-bond donors (Lipinski definition) is 1. The summed E-state index contributed by atoms with van der Waals surface area (Å²) in [6.07, 6.45) is 2.00. The molecule has 0 saturated carbocycles. The predicted octanol–water partition coefficient (Wildman–Crippen LogP) is 0.292. The topological polar surface area (TPSA) is 64.2 Å². The van der Waals surface area contributed by atoms with Crippen LogP contribution in [0.2, 0.25) is 0 Å². The van der Waals surface area contributed by atoms with Crippen LogP contribution in [0.3, 0.4) is 0 Å². The average Bonchev–Trinajstić information content (AvgIpc) is 2.57. The molecule has 0 unspecified atom stereocenters. The van der Waals surface area contributed by atoms with Gasteiger partial charge in [-0.25, -0.2) is 0 Å². The fourth-order valence-corrected chi connectivity index (χ4v) is 2.17. The highest BCUT2D eigenvalue weighted by Crippen LogP contribution is 2.13. The molecule has 1 aromatic rings. The van der Waals surface area contributed by atoms with Gasteiger partial charge in [0.1, 0.15) is 5.69 Å². The maximum absolute atomic E-state index is 12.2. The Morgan fingerprint density at radius 2 is 2.38 bits per heavy atom. The van der Waals surface area contributed by atoms with Gasteiger partial charge in [-0.1, -0.05) is 0 Å². The van der Waals surface area contributed by atoms with Gasteiger partial charge in [-0.2, -0.15) is 5.10 Å². The lowest BCUT2D eigenvalue weighted by Crippen LogP contribution is -2.46. The summed E-state index contributed by atoms with van der Waals surface area (Å²) in [7, 11) is 1.80. The van der Waals surface area contributed by atoms with Crippen LogP contribution in [0.15, 0.2) is 6.07 Å². The number of nitrogens with two attached hydrogens (primary N) is 1. The van der Waals surface area contributed by atoms with E-state index in [4.69, 9.17) is 5.73 Å². The van der Waals surface area contributed by atoms with Crippen molar-refractivity contribution in [2.24, 2.45) is 12.8 Å². The highest BCUT2D eigenvalue weighted by molar-refractivity contribution is 5.92. The number of nitrogens with zero attached hydrogens (tertiary/aromatic N) is 3. The minimum absolute atomic E-state index is 0.0400. The van der Waals surface area contributed by atoms with E-state index in [9.17, 15) is 4.79 Å². The molecule has 1 atom stereocenters. The first-order valence-corrected chi connectivity index (χ1v) is 5.63. The Morgan fingerprint density at radius 3 is 2.94 bits per heavy atom. The van der Waals surface area contributed by atoms with E-state index in [0.29, 0.717) is 12.2 Å². The van der Waals surface area contributed by atoms with Crippen LogP contribution in [0, 0.1) is 6.92 Å². The summed E-state index contributed by atoms with van der Waals surface area (Å²) in [5, 5.41) is 4.18. The zero-order chi connectivity index (χ0) is 11.7. The summed E-state index contributed by atoms with van der Waals surface area (Å²) in [5.74, 6) is 0.0400. The molecule has 2 rings (SSSR count). The molecule has 0 radical (unpaired) electrons. The second-order valence-electron chi connectivity index (χ2n) is 4.45. The number of amides is 1. The Kier molecular flexibility index (Phi) is 2.96. The van der Waals surface area contributed by atoms with Crippen molar-refractivity contribution >= 4 is 5.91 Å². The molecule has 1 aromatic heterocycles. The first kappa shape index (κ1) is 11.1. The van der Waals surface area contributed by atoms with Gasteiger partial charge < -0.3 is 10.6 Å². The second kappa shape index (κ2) is 4.25. The van der Waals surface area contributed by atoms with Gasteiger partial charge >= 0.3 is 0 Å². The SMILES string of the molecule is Cc1cc(C(=O)N2CCC[C@@H](N)C2)n(C)n1. The van der Waals surface area contributed by atoms with Crippen LogP contribution >= 0.6 is 0 Å². The second-order valence-corrected chi connectivity index (χ2v) is 4.45. The third-order valence-electron chi connectivity index (χ3n) is 2.97. The predicted molar refractivity (Wildman–Crippen MR) is 61.1 cm³/mol. The molecular weight excluding hydrogens is 204 g/mol. The summed E-state index contributed by atoms with van der Waals surface area (Å²) >= 11 is 0. The number of likely N-dealkylation sites (tertiary alicyclic amines) is 1. The van der Waals surface area contributed by atoms with Crippen LogP contribution < -0.4 is 5.73 Å². The molecule has 0 aromatic carbocycles. The molecule has 1 saturated heterocycles. The van der Waals surface area contributed by atoms with Gasteiger partial charge in [-0.3, -0.25) is 9.48 Å². The summed E-state index contributed by atoms with van der Waals surface area (Å²) in [6.45, 7) is 3.35. The number of rotatable bonds is 1. The lowest BCUT2D eigenvalue weighted by molar-refractivity contribution is 0.0697. The van der Waals surface area contributed by atoms with Crippen molar-refractivity contribution in [3.8, 4) is 0 Å². The van der Waals surface area contributed by atoms with Crippen molar-refractivity contribution in [2.45, 2.75) is 25.8 Å². The lowest BCUT2D eigenvalue weighted by Gasteiger charge is -2.30. The lowest BCUT2D eigenvalue weighted by atomic mass is 10.1. The van der Waals surface area contributed by atoms with E-state index in [1.807, 2.05) is 17.9 Å². The fraction of sp³-hybridized carbons (Fsp3) is 0.636. The standard InChI is InChI=1S/C11H18N4O/c1-8-6-10(14(2)13-8)11(16)15-5-3-4-9(12)7-15/h6,9H,3-5,7,12H2,1-2H3/t9-/m1/s1. The van der Waals surface area contributed by atoms with Crippen LogP contribution in [0.4, 0.5) is 0 Å². The van der Waals surface area contributed by atoms with E-state index in [0.717, 1.165) is 25.1 Å². The molecule has 0 bridgehead atoms. The Bertz CT molecular complexity index is 399. The molecule has 5 nitrogen and oxygen atoms in total. The molecule has 1 fully saturated rings. The normalized spacial score (nSPS) is 21.2. The number of aromatic nitrogens is 2. The zero-order valence-electron chi connectivity index (χ0n) is 9.81. The van der Waals surface area contributed by atoms with Gasteiger partial charge in [-0.15, -0.1) is 0 Å². The molecule has 1 aliphatic heterocycles. The Labute approximate surface area is 95.2 Å². The number of carbonyl (C=O) groups excluding carboxylic acids is 1.